The topological polar surface area (TPSA) is 88.0 Å². The number of hydrogen-bond donors (Lipinski definition) is 3. The zero-order valence-corrected chi connectivity index (χ0v) is 15.2. The summed E-state index contributed by atoms with van der Waals surface area (Å²) in [5.41, 5.74) is 1.65. The van der Waals surface area contributed by atoms with Crippen molar-refractivity contribution in [3.05, 3.63) is 42.2 Å². The van der Waals surface area contributed by atoms with Crippen molar-refractivity contribution in [3.63, 3.8) is 0 Å². The highest BCUT2D eigenvalue weighted by atomic mass is 16.2. The van der Waals surface area contributed by atoms with Gasteiger partial charge in [0.2, 0.25) is 5.91 Å². The highest BCUT2D eigenvalue weighted by Crippen LogP contribution is 2.18. The van der Waals surface area contributed by atoms with Crippen LogP contribution in [0.15, 0.2) is 36.5 Å². The zero-order chi connectivity index (χ0) is 18.5. The van der Waals surface area contributed by atoms with Crippen molar-refractivity contribution >= 4 is 23.2 Å². The largest absolute Gasteiger partial charge is 0.326 e. The fourth-order valence-corrected chi connectivity index (χ4v) is 2.88. The van der Waals surface area contributed by atoms with Crippen molar-refractivity contribution in [1.82, 2.24) is 15.1 Å². The fraction of sp³-hybridized carbons (Fsp3) is 0.421. The van der Waals surface area contributed by atoms with Gasteiger partial charge in [-0.05, 0) is 43.7 Å². The lowest BCUT2D eigenvalue weighted by molar-refractivity contribution is -0.118. The first-order valence-corrected chi connectivity index (χ1v) is 9.01. The standard InChI is InChI=1S/C19H25N5O2/c1-13(2)18(25)21-14-5-3-6-15(11-14)22-19(26)17-8-10-24(23-17)16-7-4-9-20-12-16/h3,5-6,8,10-11,13,16,20H,4,7,9,12H2,1-2H3,(H,21,25)(H,22,26). The van der Waals surface area contributed by atoms with Gasteiger partial charge in [-0.3, -0.25) is 14.3 Å². The van der Waals surface area contributed by atoms with Crippen LogP contribution in [0.25, 0.3) is 0 Å². The molecule has 2 amide bonds. The second-order valence-electron chi connectivity index (χ2n) is 6.86. The smallest absolute Gasteiger partial charge is 0.276 e. The van der Waals surface area contributed by atoms with Gasteiger partial charge in [-0.25, -0.2) is 0 Å². The first-order valence-electron chi connectivity index (χ1n) is 9.01. The quantitative estimate of drug-likeness (QED) is 0.769. The van der Waals surface area contributed by atoms with E-state index in [4.69, 9.17) is 0 Å². The van der Waals surface area contributed by atoms with Crippen LogP contribution in [0.5, 0.6) is 0 Å². The lowest BCUT2D eigenvalue weighted by Crippen LogP contribution is -2.32. The molecule has 7 heteroatoms. The number of rotatable bonds is 5. The number of carbonyl (C=O) groups is 2. The van der Waals surface area contributed by atoms with Crippen molar-refractivity contribution < 1.29 is 9.59 Å². The molecule has 7 nitrogen and oxygen atoms in total. The van der Waals surface area contributed by atoms with Gasteiger partial charge >= 0.3 is 0 Å². The van der Waals surface area contributed by atoms with E-state index in [0.29, 0.717) is 23.1 Å². The van der Waals surface area contributed by atoms with Crippen LogP contribution in [-0.2, 0) is 4.79 Å². The summed E-state index contributed by atoms with van der Waals surface area (Å²) in [6.45, 7) is 5.58. The predicted octanol–water partition coefficient (Wildman–Crippen LogP) is 2.65. The van der Waals surface area contributed by atoms with Gasteiger partial charge in [0.15, 0.2) is 5.69 Å². The molecular formula is C19H25N5O2. The van der Waals surface area contributed by atoms with Crippen LogP contribution < -0.4 is 16.0 Å². The summed E-state index contributed by atoms with van der Waals surface area (Å²) in [7, 11) is 0. The molecule has 3 rings (SSSR count). The summed E-state index contributed by atoms with van der Waals surface area (Å²) in [4.78, 5) is 24.3. The number of nitrogens with one attached hydrogen (secondary N) is 3. The Morgan fingerprint density at radius 1 is 1.23 bits per heavy atom. The van der Waals surface area contributed by atoms with Gasteiger partial charge in [-0.15, -0.1) is 0 Å². The number of aromatic nitrogens is 2. The molecule has 2 aromatic rings. The molecule has 0 bridgehead atoms. The molecular weight excluding hydrogens is 330 g/mol. The molecule has 0 radical (unpaired) electrons. The molecule has 0 saturated carbocycles. The maximum absolute atomic E-state index is 12.5. The second kappa shape index (κ2) is 8.14. The van der Waals surface area contributed by atoms with E-state index >= 15 is 0 Å². The maximum atomic E-state index is 12.5. The summed E-state index contributed by atoms with van der Waals surface area (Å²) in [6, 6.07) is 9.12. The SMILES string of the molecule is CC(C)C(=O)Nc1cccc(NC(=O)c2ccn(C3CCCNC3)n2)c1. The first-order chi connectivity index (χ1) is 12.5. The molecule has 1 atom stereocenters. The number of anilines is 2. The molecule has 1 aromatic heterocycles. The van der Waals surface area contributed by atoms with Crippen LogP contribution in [0.2, 0.25) is 0 Å². The number of benzene rings is 1. The molecule has 3 N–H and O–H groups in total. The molecule has 2 heterocycles. The van der Waals surface area contributed by atoms with E-state index in [2.05, 4.69) is 21.0 Å². The van der Waals surface area contributed by atoms with Gasteiger partial charge in [-0.2, -0.15) is 5.10 Å². The summed E-state index contributed by atoms with van der Waals surface area (Å²) in [6.07, 6.45) is 4.03. The third-order valence-corrected chi connectivity index (χ3v) is 4.40. The van der Waals surface area contributed by atoms with Gasteiger partial charge in [0, 0.05) is 30.0 Å². The average molecular weight is 355 g/mol. The van der Waals surface area contributed by atoms with Gasteiger partial charge in [0.25, 0.3) is 5.91 Å². The van der Waals surface area contributed by atoms with Crippen LogP contribution in [0.4, 0.5) is 11.4 Å². The van der Waals surface area contributed by atoms with Crippen molar-refractivity contribution in [2.45, 2.75) is 32.7 Å². The molecule has 1 fully saturated rings. The van der Waals surface area contributed by atoms with Crippen molar-refractivity contribution in [1.29, 1.82) is 0 Å². The van der Waals surface area contributed by atoms with Gasteiger partial charge in [-0.1, -0.05) is 19.9 Å². The monoisotopic (exact) mass is 355 g/mol. The lowest BCUT2D eigenvalue weighted by atomic mass is 10.1. The predicted molar refractivity (Wildman–Crippen MR) is 101 cm³/mol. The van der Waals surface area contributed by atoms with E-state index in [1.165, 1.54) is 0 Å². The van der Waals surface area contributed by atoms with Gasteiger partial charge < -0.3 is 16.0 Å². The van der Waals surface area contributed by atoms with E-state index in [1.54, 1.807) is 30.3 Å². The molecule has 1 unspecified atom stereocenters. The normalized spacial score (nSPS) is 17.1. The van der Waals surface area contributed by atoms with Crippen LogP contribution in [0, 0.1) is 5.92 Å². The molecule has 1 saturated heterocycles. The number of carbonyl (C=O) groups excluding carboxylic acids is 2. The van der Waals surface area contributed by atoms with E-state index in [-0.39, 0.29) is 17.7 Å². The molecule has 1 aliphatic heterocycles. The van der Waals surface area contributed by atoms with Crippen molar-refractivity contribution in [2.75, 3.05) is 23.7 Å². The highest BCUT2D eigenvalue weighted by Gasteiger charge is 2.18. The number of piperidine rings is 1. The Morgan fingerprint density at radius 3 is 2.69 bits per heavy atom. The lowest BCUT2D eigenvalue weighted by Gasteiger charge is -2.22. The van der Waals surface area contributed by atoms with E-state index in [9.17, 15) is 9.59 Å². The summed E-state index contributed by atoms with van der Waals surface area (Å²) in [5.74, 6) is -0.431. The minimum absolute atomic E-state index is 0.0617. The molecule has 26 heavy (non-hydrogen) atoms. The number of hydrogen-bond acceptors (Lipinski definition) is 4. The van der Waals surface area contributed by atoms with Crippen molar-refractivity contribution in [3.8, 4) is 0 Å². The van der Waals surface area contributed by atoms with Crippen molar-refractivity contribution in [2.24, 2.45) is 5.92 Å². The Morgan fingerprint density at radius 2 is 2.00 bits per heavy atom. The Hall–Kier alpha value is -2.67. The Kier molecular flexibility index (Phi) is 5.68. The Bertz CT molecular complexity index is 778. The van der Waals surface area contributed by atoms with E-state index < -0.39 is 0 Å². The average Bonchev–Trinajstić information content (AvgIpc) is 3.13. The zero-order valence-electron chi connectivity index (χ0n) is 15.2. The van der Waals surface area contributed by atoms with Gasteiger partial charge in [0.05, 0.1) is 6.04 Å². The molecule has 138 valence electrons. The summed E-state index contributed by atoms with van der Waals surface area (Å²) in [5, 5.41) is 13.4. The van der Waals surface area contributed by atoms with Crippen LogP contribution in [0.3, 0.4) is 0 Å². The van der Waals surface area contributed by atoms with Crippen LogP contribution in [-0.4, -0.2) is 34.7 Å². The third-order valence-electron chi connectivity index (χ3n) is 4.40. The summed E-state index contributed by atoms with van der Waals surface area (Å²) < 4.78 is 1.86. The number of nitrogens with zero attached hydrogens (tertiary/aromatic N) is 2. The van der Waals surface area contributed by atoms with E-state index in [1.807, 2.05) is 24.7 Å². The van der Waals surface area contributed by atoms with Crippen LogP contribution >= 0.6 is 0 Å². The Labute approximate surface area is 153 Å². The molecule has 1 aliphatic rings. The summed E-state index contributed by atoms with van der Waals surface area (Å²) >= 11 is 0. The van der Waals surface area contributed by atoms with Crippen LogP contribution in [0.1, 0.15) is 43.2 Å². The molecule has 1 aromatic carbocycles. The first kappa shape index (κ1) is 18.1. The highest BCUT2D eigenvalue weighted by molar-refractivity contribution is 6.03. The Balaban J connectivity index is 1.64. The maximum Gasteiger partial charge on any atom is 0.276 e. The van der Waals surface area contributed by atoms with Gasteiger partial charge in [0.1, 0.15) is 0 Å². The third kappa shape index (κ3) is 4.49. The minimum atomic E-state index is -0.264. The fourth-order valence-electron chi connectivity index (χ4n) is 2.88. The molecule has 0 spiro atoms. The number of amides is 2. The second-order valence-corrected chi connectivity index (χ2v) is 6.86. The minimum Gasteiger partial charge on any atom is -0.326 e. The van der Waals surface area contributed by atoms with E-state index in [0.717, 1.165) is 25.9 Å². The molecule has 0 aliphatic carbocycles.